The molecule has 0 aromatic carbocycles. The van der Waals surface area contributed by atoms with Gasteiger partial charge in [0.1, 0.15) is 11.9 Å². The Labute approximate surface area is 131 Å². The molecule has 21 heavy (non-hydrogen) atoms. The number of amides is 2. The van der Waals surface area contributed by atoms with Gasteiger partial charge >= 0.3 is 6.03 Å². The summed E-state index contributed by atoms with van der Waals surface area (Å²) in [4.78, 5) is 12.5. The van der Waals surface area contributed by atoms with E-state index in [1.165, 1.54) is 11.3 Å². The molecule has 1 atom stereocenters. The molecule has 0 fully saturated rings. The Morgan fingerprint density at radius 2 is 2.24 bits per heavy atom. The molecular formula is C13H17ClN4O2S. The maximum absolute atomic E-state index is 11.8. The number of rotatable bonds is 5. The summed E-state index contributed by atoms with van der Waals surface area (Å²) >= 11 is 7.10. The van der Waals surface area contributed by atoms with Gasteiger partial charge in [0, 0.05) is 17.0 Å². The standard InChI is InChI=1S/C13H17ClN4O2S/c1-8(2)18-12(5-6-16-18)17-13(20)15-7-9(19)10-3-4-11(14)21-10/h3-6,8-9,19H,7H2,1-2H3,(H2,15,17,20). The minimum Gasteiger partial charge on any atom is -0.386 e. The molecule has 2 aromatic heterocycles. The van der Waals surface area contributed by atoms with Crippen molar-refractivity contribution in [2.24, 2.45) is 0 Å². The zero-order valence-corrected chi connectivity index (χ0v) is 13.3. The van der Waals surface area contributed by atoms with Crippen molar-refractivity contribution in [2.75, 3.05) is 11.9 Å². The molecule has 3 N–H and O–H groups in total. The molecule has 0 aliphatic heterocycles. The molecule has 0 spiro atoms. The number of urea groups is 1. The molecule has 114 valence electrons. The number of aliphatic hydroxyl groups excluding tert-OH is 1. The fraction of sp³-hybridized carbons (Fsp3) is 0.385. The third-order valence-corrected chi connectivity index (χ3v) is 4.11. The van der Waals surface area contributed by atoms with Crippen molar-refractivity contribution in [1.29, 1.82) is 0 Å². The second kappa shape index (κ2) is 6.93. The normalized spacial score (nSPS) is 12.4. The molecule has 6 nitrogen and oxygen atoms in total. The predicted octanol–water partition coefficient (Wildman–Crippen LogP) is 3.03. The highest BCUT2D eigenvalue weighted by atomic mass is 35.5. The highest BCUT2D eigenvalue weighted by Gasteiger charge is 2.13. The molecule has 2 heterocycles. The summed E-state index contributed by atoms with van der Waals surface area (Å²) in [6.07, 6.45) is 0.848. The summed E-state index contributed by atoms with van der Waals surface area (Å²) in [5.74, 6) is 0.608. The van der Waals surface area contributed by atoms with Gasteiger partial charge in [-0.3, -0.25) is 5.32 Å². The Hall–Kier alpha value is -1.57. The van der Waals surface area contributed by atoms with Gasteiger partial charge in [0.05, 0.1) is 17.1 Å². The lowest BCUT2D eigenvalue weighted by atomic mass is 10.3. The monoisotopic (exact) mass is 328 g/mol. The smallest absolute Gasteiger partial charge is 0.320 e. The van der Waals surface area contributed by atoms with Gasteiger partial charge in [-0.2, -0.15) is 5.10 Å². The second-order valence-corrected chi connectivity index (χ2v) is 6.49. The van der Waals surface area contributed by atoms with Crippen molar-refractivity contribution in [1.82, 2.24) is 15.1 Å². The van der Waals surface area contributed by atoms with Crippen LogP contribution in [0.2, 0.25) is 4.34 Å². The first kappa shape index (κ1) is 15.8. The number of nitrogens with one attached hydrogen (secondary N) is 2. The van der Waals surface area contributed by atoms with E-state index in [9.17, 15) is 9.90 Å². The lowest BCUT2D eigenvalue weighted by Gasteiger charge is -2.14. The molecule has 0 saturated carbocycles. The molecule has 8 heteroatoms. The Bertz CT molecular complexity index is 611. The predicted molar refractivity (Wildman–Crippen MR) is 83.9 cm³/mol. The largest absolute Gasteiger partial charge is 0.386 e. The SMILES string of the molecule is CC(C)n1nccc1NC(=O)NCC(O)c1ccc(Cl)s1. The van der Waals surface area contributed by atoms with Crippen LogP contribution in [0.5, 0.6) is 0 Å². The minimum absolute atomic E-state index is 0.110. The van der Waals surface area contributed by atoms with E-state index < -0.39 is 6.10 Å². The van der Waals surface area contributed by atoms with E-state index in [1.807, 2.05) is 13.8 Å². The van der Waals surface area contributed by atoms with Gasteiger partial charge in [-0.25, -0.2) is 9.48 Å². The fourth-order valence-electron chi connectivity index (χ4n) is 1.78. The van der Waals surface area contributed by atoms with Crippen LogP contribution in [0.25, 0.3) is 0 Å². The summed E-state index contributed by atoms with van der Waals surface area (Å²) in [5.41, 5.74) is 0. The third kappa shape index (κ3) is 4.20. The van der Waals surface area contributed by atoms with Crippen LogP contribution in [0.4, 0.5) is 10.6 Å². The molecule has 2 amide bonds. The molecule has 0 aliphatic carbocycles. The first-order valence-corrected chi connectivity index (χ1v) is 7.68. The zero-order valence-electron chi connectivity index (χ0n) is 11.7. The van der Waals surface area contributed by atoms with Gasteiger partial charge in [0.15, 0.2) is 0 Å². The van der Waals surface area contributed by atoms with Crippen LogP contribution in [-0.4, -0.2) is 27.5 Å². The van der Waals surface area contributed by atoms with Crippen LogP contribution in [0.1, 0.15) is 30.9 Å². The van der Waals surface area contributed by atoms with Gasteiger partial charge in [-0.1, -0.05) is 11.6 Å². The van der Waals surface area contributed by atoms with E-state index >= 15 is 0 Å². The summed E-state index contributed by atoms with van der Waals surface area (Å²) in [7, 11) is 0. The third-order valence-electron chi connectivity index (χ3n) is 2.78. The highest BCUT2D eigenvalue weighted by molar-refractivity contribution is 7.16. The lowest BCUT2D eigenvalue weighted by molar-refractivity contribution is 0.178. The number of thiophene rings is 1. The quantitative estimate of drug-likeness (QED) is 0.789. The number of hydrogen-bond acceptors (Lipinski definition) is 4. The molecular weight excluding hydrogens is 312 g/mol. The van der Waals surface area contributed by atoms with Gasteiger partial charge in [-0.05, 0) is 26.0 Å². The number of halogens is 1. The fourth-order valence-corrected chi connectivity index (χ4v) is 2.83. The Morgan fingerprint density at radius 1 is 1.48 bits per heavy atom. The maximum atomic E-state index is 11.8. The molecule has 1 unspecified atom stereocenters. The van der Waals surface area contributed by atoms with Crippen molar-refractivity contribution in [3.05, 3.63) is 33.6 Å². The molecule has 0 aliphatic rings. The average Bonchev–Trinajstić information content (AvgIpc) is 3.05. The number of carbonyl (C=O) groups is 1. The van der Waals surface area contributed by atoms with E-state index in [-0.39, 0.29) is 18.6 Å². The number of carbonyl (C=O) groups excluding carboxylic acids is 1. The number of nitrogens with zero attached hydrogens (tertiary/aromatic N) is 2. The summed E-state index contributed by atoms with van der Waals surface area (Å²) in [6.45, 7) is 4.05. The maximum Gasteiger partial charge on any atom is 0.320 e. The van der Waals surface area contributed by atoms with Crippen molar-refractivity contribution in [2.45, 2.75) is 26.0 Å². The summed E-state index contributed by atoms with van der Waals surface area (Å²) < 4.78 is 2.31. The molecule has 2 rings (SSSR count). The van der Waals surface area contributed by atoms with E-state index in [0.717, 1.165) is 0 Å². The van der Waals surface area contributed by atoms with Crippen molar-refractivity contribution >= 4 is 34.8 Å². The van der Waals surface area contributed by atoms with Crippen LogP contribution in [-0.2, 0) is 0 Å². The summed E-state index contributed by atoms with van der Waals surface area (Å²) in [6, 6.07) is 4.93. The lowest BCUT2D eigenvalue weighted by Crippen LogP contribution is -2.33. The number of aromatic nitrogens is 2. The molecule has 2 aromatic rings. The number of aliphatic hydroxyl groups is 1. The highest BCUT2D eigenvalue weighted by Crippen LogP contribution is 2.26. The van der Waals surface area contributed by atoms with Gasteiger partial charge in [0.25, 0.3) is 0 Å². The Kier molecular flexibility index (Phi) is 5.22. The van der Waals surface area contributed by atoms with Crippen LogP contribution in [0.3, 0.4) is 0 Å². The number of hydrogen-bond donors (Lipinski definition) is 3. The number of anilines is 1. The first-order valence-electron chi connectivity index (χ1n) is 6.49. The van der Waals surface area contributed by atoms with Crippen LogP contribution >= 0.6 is 22.9 Å². The van der Waals surface area contributed by atoms with E-state index in [4.69, 9.17) is 11.6 Å². The molecule has 0 bridgehead atoms. The molecule has 0 radical (unpaired) electrons. The van der Waals surface area contributed by atoms with E-state index in [1.54, 1.807) is 29.1 Å². The van der Waals surface area contributed by atoms with Crippen molar-refractivity contribution < 1.29 is 9.90 Å². The van der Waals surface area contributed by atoms with Gasteiger partial charge < -0.3 is 10.4 Å². The van der Waals surface area contributed by atoms with Crippen LogP contribution in [0, 0.1) is 0 Å². The first-order chi connectivity index (χ1) is 9.97. The Balaban J connectivity index is 1.86. The van der Waals surface area contributed by atoms with Gasteiger partial charge in [0.2, 0.25) is 0 Å². The van der Waals surface area contributed by atoms with Crippen molar-refractivity contribution in [3.8, 4) is 0 Å². The molecule has 0 saturated heterocycles. The summed E-state index contributed by atoms with van der Waals surface area (Å²) in [5, 5.41) is 19.4. The average molecular weight is 329 g/mol. The van der Waals surface area contributed by atoms with E-state index in [0.29, 0.717) is 15.0 Å². The van der Waals surface area contributed by atoms with Crippen LogP contribution in [0.15, 0.2) is 24.4 Å². The Morgan fingerprint density at radius 3 is 2.86 bits per heavy atom. The zero-order chi connectivity index (χ0) is 15.4. The van der Waals surface area contributed by atoms with Crippen molar-refractivity contribution in [3.63, 3.8) is 0 Å². The van der Waals surface area contributed by atoms with Gasteiger partial charge in [-0.15, -0.1) is 11.3 Å². The van der Waals surface area contributed by atoms with E-state index in [2.05, 4.69) is 15.7 Å². The minimum atomic E-state index is -0.775. The topological polar surface area (TPSA) is 79.2 Å². The van der Waals surface area contributed by atoms with Crippen LogP contribution < -0.4 is 10.6 Å². The second-order valence-electron chi connectivity index (χ2n) is 4.75.